The Kier molecular flexibility index (Phi) is 5.79. The van der Waals surface area contributed by atoms with Crippen molar-refractivity contribution in [1.29, 1.82) is 0 Å². The molecule has 0 amide bonds. The second-order valence-electron chi connectivity index (χ2n) is 5.22. The number of methoxy groups -OCH3 is 1. The number of benzene rings is 1. The van der Waals surface area contributed by atoms with Crippen LogP contribution in [0.1, 0.15) is 12.0 Å². The topological polar surface area (TPSA) is 65.0 Å². The number of aliphatic hydroxyl groups excluding tert-OH is 2. The van der Waals surface area contributed by atoms with Gasteiger partial charge in [-0.1, -0.05) is 12.1 Å². The van der Waals surface area contributed by atoms with E-state index in [-0.39, 0.29) is 18.8 Å². The van der Waals surface area contributed by atoms with Crippen molar-refractivity contribution in [2.45, 2.75) is 25.1 Å². The SMILES string of the molecule is COc1ccc(CN2CC[C@@H](NCCO)[C@H](O)C2)cc1. The van der Waals surface area contributed by atoms with E-state index in [0.29, 0.717) is 13.1 Å². The van der Waals surface area contributed by atoms with Crippen LogP contribution in [-0.4, -0.2) is 60.6 Å². The third-order valence-corrected chi connectivity index (χ3v) is 3.75. The molecular weight excluding hydrogens is 256 g/mol. The van der Waals surface area contributed by atoms with E-state index in [1.165, 1.54) is 5.56 Å². The van der Waals surface area contributed by atoms with Crippen LogP contribution in [0.4, 0.5) is 0 Å². The molecule has 1 fully saturated rings. The lowest BCUT2D eigenvalue weighted by Crippen LogP contribution is -2.52. The third-order valence-electron chi connectivity index (χ3n) is 3.75. The van der Waals surface area contributed by atoms with Crippen molar-refractivity contribution < 1.29 is 14.9 Å². The van der Waals surface area contributed by atoms with Crippen LogP contribution in [0, 0.1) is 0 Å². The normalized spacial score (nSPS) is 23.8. The largest absolute Gasteiger partial charge is 0.497 e. The zero-order valence-electron chi connectivity index (χ0n) is 12.0. The molecule has 1 aliphatic rings. The molecule has 1 saturated heterocycles. The number of β-amino-alcohol motifs (C(OH)–C–C–N with tert-alkyl or cyclic N) is 1. The van der Waals surface area contributed by atoms with Gasteiger partial charge >= 0.3 is 0 Å². The van der Waals surface area contributed by atoms with Crippen molar-refractivity contribution in [3.63, 3.8) is 0 Å². The fourth-order valence-electron chi connectivity index (χ4n) is 2.62. The van der Waals surface area contributed by atoms with E-state index in [0.717, 1.165) is 25.3 Å². The summed E-state index contributed by atoms with van der Waals surface area (Å²) in [5.74, 6) is 0.862. The van der Waals surface area contributed by atoms with E-state index in [2.05, 4.69) is 22.3 Å². The lowest BCUT2D eigenvalue weighted by atomic mass is 10.0. The van der Waals surface area contributed by atoms with Crippen LogP contribution in [-0.2, 0) is 6.54 Å². The molecule has 2 rings (SSSR count). The van der Waals surface area contributed by atoms with Gasteiger partial charge in [-0.2, -0.15) is 0 Å². The van der Waals surface area contributed by atoms with Gasteiger partial charge in [0.15, 0.2) is 0 Å². The summed E-state index contributed by atoms with van der Waals surface area (Å²) >= 11 is 0. The maximum absolute atomic E-state index is 10.1. The van der Waals surface area contributed by atoms with Crippen LogP contribution < -0.4 is 10.1 Å². The van der Waals surface area contributed by atoms with Crippen molar-refractivity contribution in [3.05, 3.63) is 29.8 Å². The number of nitrogens with one attached hydrogen (secondary N) is 1. The fraction of sp³-hybridized carbons (Fsp3) is 0.600. The maximum Gasteiger partial charge on any atom is 0.118 e. The third kappa shape index (κ3) is 4.18. The molecule has 0 spiro atoms. The van der Waals surface area contributed by atoms with Crippen molar-refractivity contribution in [3.8, 4) is 5.75 Å². The van der Waals surface area contributed by atoms with Crippen molar-refractivity contribution in [1.82, 2.24) is 10.2 Å². The van der Waals surface area contributed by atoms with Crippen molar-refractivity contribution in [2.24, 2.45) is 0 Å². The molecule has 0 bridgehead atoms. The molecule has 5 nitrogen and oxygen atoms in total. The first-order valence-electron chi connectivity index (χ1n) is 7.10. The number of hydrogen-bond donors (Lipinski definition) is 3. The lowest BCUT2D eigenvalue weighted by Gasteiger charge is -2.36. The predicted octanol–water partition coefficient (Wildman–Crippen LogP) is 0.212. The summed E-state index contributed by atoms with van der Waals surface area (Å²) in [6.07, 6.45) is 0.519. The van der Waals surface area contributed by atoms with Crippen LogP contribution in [0.5, 0.6) is 5.75 Å². The first-order valence-corrected chi connectivity index (χ1v) is 7.10. The molecule has 0 aromatic heterocycles. The van der Waals surface area contributed by atoms with Gasteiger partial charge in [-0.15, -0.1) is 0 Å². The molecule has 112 valence electrons. The lowest BCUT2D eigenvalue weighted by molar-refractivity contribution is 0.0358. The highest BCUT2D eigenvalue weighted by Gasteiger charge is 2.26. The smallest absolute Gasteiger partial charge is 0.118 e. The Hall–Kier alpha value is -1.14. The highest BCUT2D eigenvalue weighted by atomic mass is 16.5. The molecule has 1 aromatic rings. The molecule has 5 heteroatoms. The van der Waals surface area contributed by atoms with Crippen molar-refractivity contribution in [2.75, 3.05) is 33.4 Å². The van der Waals surface area contributed by atoms with Crippen LogP contribution in [0.2, 0.25) is 0 Å². The average molecular weight is 280 g/mol. The summed E-state index contributed by atoms with van der Waals surface area (Å²) in [5.41, 5.74) is 1.22. The highest BCUT2D eigenvalue weighted by Crippen LogP contribution is 2.17. The molecule has 0 unspecified atom stereocenters. The van der Waals surface area contributed by atoms with Crippen LogP contribution in [0.25, 0.3) is 0 Å². The molecule has 1 aliphatic heterocycles. The Morgan fingerprint density at radius 2 is 2.10 bits per heavy atom. The second-order valence-corrected chi connectivity index (χ2v) is 5.22. The number of aliphatic hydroxyl groups is 2. The van der Waals surface area contributed by atoms with Gasteiger partial charge in [-0.25, -0.2) is 0 Å². The Labute approximate surface area is 120 Å². The Balaban J connectivity index is 1.82. The van der Waals surface area contributed by atoms with Gasteiger partial charge in [-0.3, -0.25) is 4.90 Å². The summed E-state index contributed by atoms with van der Waals surface area (Å²) < 4.78 is 5.15. The molecule has 0 saturated carbocycles. The van der Waals surface area contributed by atoms with Crippen LogP contribution in [0.3, 0.4) is 0 Å². The number of nitrogens with zero attached hydrogens (tertiary/aromatic N) is 1. The summed E-state index contributed by atoms with van der Waals surface area (Å²) in [6, 6.07) is 8.12. The van der Waals surface area contributed by atoms with Gasteiger partial charge in [0, 0.05) is 32.2 Å². The van der Waals surface area contributed by atoms with Gasteiger partial charge in [0.1, 0.15) is 5.75 Å². The molecule has 0 aliphatic carbocycles. The fourth-order valence-corrected chi connectivity index (χ4v) is 2.62. The molecular formula is C15H24N2O3. The second kappa shape index (κ2) is 7.59. The Morgan fingerprint density at radius 3 is 2.70 bits per heavy atom. The van der Waals surface area contributed by atoms with Gasteiger partial charge < -0.3 is 20.3 Å². The van der Waals surface area contributed by atoms with Gasteiger partial charge in [0.25, 0.3) is 0 Å². The average Bonchev–Trinajstić information content (AvgIpc) is 2.47. The van der Waals surface area contributed by atoms with E-state index in [9.17, 15) is 5.11 Å². The summed E-state index contributed by atoms with van der Waals surface area (Å²) in [6.45, 7) is 3.11. The molecule has 1 aromatic carbocycles. The highest BCUT2D eigenvalue weighted by molar-refractivity contribution is 5.27. The van der Waals surface area contributed by atoms with E-state index in [1.54, 1.807) is 7.11 Å². The molecule has 3 N–H and O–H groups in total. The standard InChI is InChI=1S/C15H24N2O3/c1-20-13-4-2-12(3-5-13)10-17-8-6-14(15(19)11-17)16-7-9-18/h2-5,14-16,18-19H,6-11H2,1H3/t14-,15-/m1/s1. The van der Waals surface area contributed by atoms with Crippen molar-refractivity contribution >= 4 is 0 Å². The minimum Gasteiger partial charge on any atom is -0.497 e. The van der Waals surface area contributed by atoms with Gasteiger partial charge in [-0.05, 0) is 24.1 Å². The number of rotatable bonds is 6. The summed E-state index contributed by atoms with van der Waals surface area (Å²) in [7, 11) is 1.66. The first-order chi connectivity index (χ1) is 9.72. The molecule has 2 atom stereocenters. The zero-order valence-corrected chi connectivity index (χ0v) is 12.0. The number of hydrogen-bond acceptors (Lipinski definition) is 5. The van der Waals surface area contributed by atoms with Gasteiger partial charge in [0.2, 0.25) is 0 Å². The Bertz CT molecular complexity index is 397. The van der Waals surface area contributed by atoms with E-state index in [4.69, 9.17) is 9.84 Å². The minimum atomic E-state index is -0.381. The number of likely N-dealkylation sites (tertiary alicyclic amines) is 1. The quantitative estimate of drug-likeness (QED) is 0.695. The molecule has 20 heavy (non-hydrogen) atoms. The Morgan fingerprint density at radius 1 is 1.35 bits per heavy atom. The molecule has 0 radical (unpaired) electrons. The van der Waals surface area contributed by atoms with Crippen LogP contribution in [0.15, 0.2) is 24.3 Å². The zero-order chi connectivity index (χ0) is 14.4. The summed E-state index contributed by atoms with van der Waals surface area (Å²) in [5, 5.41) is 22.1. The van der Waals surface area contributed by atoms with Gasteiger partial charge in [0.05, 0.1) is 19.8 Å². The summed E-state index contributed by atoms with van der Waals surface area (Å²) in [4.78, 5) is 2.25. The molecule has 1 heterocycles. The predicted molar refractivity (Wildman–Crippen MR) is 77.8 cm³/mol. The van der Waals surface area contributed by atoms with E-state index >= 15 is 0 Å². The number of ether oxygens (including phenoxy) is 1. The van der Waals surface area contributed by atoms with E-state index in [1.807, 2.05) is 12.1 Å². The maximum atomic E-state index is 10.1. The van der Waals surface area contributed by atoms with E-state index < -0.39 is 0 Å². The van der Waals surface area contributed by atoms with Crippen LogP contribution >= 0.6 is 0 Å². The monoisotopic (exact) mass is 280 g/mol. The number of piperidine rings is 1. The first kappa shape index (κ1) is 15.3. The minimum absolute atomic E-state index is 0.0919.